The second-order valence-electron chi connectivity index (χ2n) is 6.05. The molecule has 0 saturated carbocycles. The third-order valence-corrected chi connectivity index (χ3v) is 5.15. The zero-order valence-corrected chi connectivity index (χ0v) is 16.7. The standard InChI is InChI=1S/C20H19N5O3S/c1-26-16-9-8-14(10-17(16)27-2)19-23-18(28-24-19)12-29-20-22-15(11-25(20)21)13-6-4-3-5-7-13/h3-11H,12,21H2,1-2H3. The number of thioether (sulfide) groups is 1. The van der Waals surface area contributed by atoms with Gasteiger partial charge < -0.3 is 19.8 Å². The first-order valence-corrected chi connectivity index (χ1v) is 9.74. The summed E-state index contributed by atoms with van der Waals surface area (Å²) in [6.07, 6.45) is 1.79. The Kier molecular flexibility index (Phi) is 5.39. The van der Waals surface area contributed by atoms with Crippen LogP contribution in [0.5, 0.6) is 11.5 Å². The number of nitrogen functional groups attached to an aromatic ring is 1. The second-order valence-corrected chi connectivity index (χ2v) is 6.99. The van der Waals surface area contributed by atoms with Crippen molar-refractivity contribution in [2.75, 3.05) is 20.1 Å². The predicted octanol–water partition coefficient (Wildman–Crippen LogP) is 3.62. The van der Waals surface area contributed by atoms with Crippen LogP contribution in [-0.2, 0) is 5.75 Å². The third-order valence-electron chi connectivity index (χ3n) is 4.20. The molecule has 0 aliphatic carbocycles. The Hall–Kier alpha value is -3.46. The lowest BCUT2D eigenvalue weighted by molar-refractivity contribution is 0.355. The van der Waals surface area contributed by atoms with E-state index in [4.69, 9.17) is 19.8 Å². The SMILES string of the molecule is COc1ccc(-c2noc(CSc3nc(-c4ccccc4)cn3N)n2)cc1OC. The van der Waals surface area contributed by atoms with Crippen molar-refractivity contribution in [3.8, 4) is 34.1 Å². The lowest BCUT2D eigenvalue weighted by Crippen LogP contribution is -2.07. The smallest absolute Gasteiger partial charge is 0.237 e. The van der Waals surface area contributed by atoms with E-state index in [0.29, 0.717) is 34.1 Å². The van der Waals surface area contributed by atoms with Crippen molar-refractivity contribution in [2.45, 2.75) is 10.9 Å². The van der Waals surface area contributed by atoms with E-state index in [1.54, 1.807) is 32.5 Å². The molecule has 148 valence electrons. The molecule has 2 N–H and O–H groups in total. The molecule has 4 aromatic rings. The monoisotopic (exact) mass is 409 g/mol. The summed E-state index contributed by atoms with van der Waals surface area (Å²) in [4.78, 5) is 9.03. The maximum Gasteiger partial charge on any atom is 0.237 e. The molecule has 0 unspecified atom stereocenters. The van der Waals surface area contributed by atoms with Gasteiger partial charge in [-0.25, -0.2) is 9.66 Å². The molecule has 29 heavy (non-hydrogen) atoms. The van der Waals surface area contributed by atoms with Crippen LogP contribution in [0, 0.1) is 0 Å². The van der Waals surface area contributed by atoms with Gasteiger partial charge in [0.25, 0.3) is 0 Å². The van der Waals surface area contributed by atoms with Crippen LogP contribution in [0.25, 0.3) is 22.6 Å². The molecule has 0 radical (unpaired) electrons. The van der Waals surface area contributed by atoms with Crippen molar-refractivity contribution in [1.29, 1.82) is 0 Å². The summed E-state index contributed by atoms with van der Waals surface area (Å²) in [6.45, 7) is 0. The van der Waals surface area contributed by atoms with Gasteiger partial charge in [-0.2, -0.15) is 4.98 Å². The molecule has 2 heterocycles. The largest absolute Gasteiger partial charge is 0.493 e. The first-order valence-electron chi connectivity index (χ1n) is 8.75. The van der Waals surface area contributed by atoms with Crippen LogP contribution in [0.4, 0.5) is 0 Å². The molecule has 0 fully saturated rings. The number of hydrogen-bond acceptors (Lipinski definition) is 8. The van der Waals surface area contributed by atoms with Gasteiger partial charge in [0.2, 0.25) is 11.7 Å². The Morgan fingerprint density at radius 3 is 2.55 bits per heavy atom. The number of aromatic nitrogens is 4. The van der Waals surface area contributed by atoms with Crippen LogP contribution >= 0.6 is 11.8 Å². The van der Waals surface area contributed by atoms with Crippen LogP contribution in [0.2, 0.25) is 0 Å². The zero-order valence-electron chi connectivity index (χ0n) is 15.9. The molecular weight excluding hydrogens is 390 g/mol. The van der Waals surface area contributed by atoms with Crippen molar-refractivity contribution in [3.05, 3.63) is 60.6 Å². The Morgan fingerprint density at radius 2 is 1.79 bits per heavy atom. The van der Waals surface area contributed by atoms with Gasteiger partial charge in [-0.05, 0) is 18.2 Å². The molecule has 0 amide bonds. The summed E-state index contributed by atoms with van der Waals surface area (Å²) in [7, 11) is 3.17. The van der Waals surface area contributed by atoms with Crippen molar-refractivity contribution < 1.29 is 14.0 Å². The summed E-state index contributed by atoms with van der Waals surface area (Å²) in [5, 5.41) is 4.71. The molecule has 0 aliphatic rings. The lowest BCUT2D eigenvalue weighted by Gasteiger charge is -2.07. The summed E-state index contributed by atoms with van der Waals surface area (Å²) < 4.78 is 17.4. The first-order chi connectivity index (χ1) is 14.2. The molecule has 8 nitrogen and oxygen atoms in total. The van der Waals surface area contributed by atoms with E-state index in [0.717, 1.165) is 16.8 Å². The lowest BCUT2D eigenvalue weighted by atomic mass is 10.2. The van der Waals surface area contributed by atoms with E-state index in [2.05, 4.69) is 15.1 Å². The Morgan fingerprint density at radius 1 is 1.00 bits per heavy atom. The van der Waals surface area contributed by atoms with E-state index < -0.39 is 0 Å². The second kappa shape index (κ2) is 8.27. The minimum Gasteiger partial charge on any atom is -0.493 e. The highest BCUT2D eigenvalue weighted by Gasteiger charge is 2.14. The van der Waals surface area contributed by atoms with E-state index in [1.807, 2.05) is 36.4 Å². The zero-order chi connectivity index (χ0) is 20.2. The summed E-state index contributed by atoms with van der Waals surface area (Å²) >= 11 is 1.42. The summed E-state index contributed by atoms with van der Waals surface area (Å²) in [5.41, 5.74) is 2.59. The van der Waals surface area contributed by atoms with Crippen LogP contribution in [0.1, 0.15) is 5.89 Å². The van der Waals surface area contributed by atoms with Crippen LogP contribution in [0.15, 0.2) is 64.4 Å². The van der Waals surface area contributed by atoms with Gasteiger partial charge in [0.15, 0.2) is 16.7 Å². The highest BCUT2D eigenvalue weighted by Crippen LogP contribution is 2.31. The summed E-state index contributed by atoms with van der Waals surface area (Å²) in [6, 6.07) is 15.3. The van der Waals surface area contributed by atoms with Gasteiger partial charge in [0.05, 0.1) is 31.9 Å². The van der Waals surface area contributed by atoms with Crippen LogP contribution in [0.3, 0.4) is 0 Å². The molecule has 4 rings (SSSR count). The molecule has 0 saturated heterocycles. The number of nitrogens with zero attached hydrogens (tertiary/aromatic N) is 4. The molecule has 2 aromatic heterocycles. The van der Waals surface area contributed by atoms with Crippen molar-refractivity contribution in [1.82, 2.24) is 19.8 Å². The number of rotatable bonds is 7. The first kappa shape index (κ1) is 18.9. The van der Waals surface area contributed by atoms with Gasteiger partial charge in [0, 0.05) is 11.1 Å². The van der Waals surface area contributed by atoms with Gasteiger partial charge in [0.1, 0.15) is 0 Å². The van der Waals surface area contributed by atoms with E-state index in [-0.39, 0.29) is 0 Å². The van der Waals surface area contributed by atoms with Gasteiger partial charge in [-0.3, -0.25) is 0 Å². The number of hydrogen-bond donors (Lipinski definition) is 1. The maximum absolute atomic E-state index is 6.04. The molecule has 0 aliphatic heterocycles. The van der Waals surface area contributed by atoms with Crippen molar-refractivity contribution in [3.63, 3.8) is 0 Å². The van der Waals surface area contributed by atoms with Crippen molar-refractivity contribution in [2.24, 2.45) is 0 Å². The average molecular weight is 409 g/mol. The predicted molar refractivity (Wildman–Crippen MR) is 110 cm³/mol. The molecular formula is C20H19N5O3S. The van der Waals surface area contributed by atoms with Crippen molar-refractivity contribution >= 4 is 11.8 Å². The molecule has 2 aromatic carbocycles. The molecule has 0 atom stereocenters. The van der Waals surface area contributed by atoms with Gasteiger partial charge in [-0.1, -0.05) is 47.3 Å². The fourth-order valence-corrected chi connectivity index (χ4v) is 3.50. The topological polar surface area (TPSA) is 101 Å². The summed E-state index contributed by atoms with van der Waals surface area (Å²) in [5.74, 6) is 8.68. The van der Waals surface area contributed by atoms with Crippen LogP contribution < -0.4 is 15.3 Å². The van der Waals surface area contributed by atoms with E-state index in [1.165, 1.54) is 16.4 Å². The third kappa shape index (κ3) is 4.04. The van der Waals surface area contributed by atoms with Crippen LogP contribution in [-0.4, -0.2) is 34.0 Å². The van der Waals surface area contributed by atoms with E-state index in [9.17, 15) is 0 Å². The number of nitrogens with two attached hydrogens (primary N) is 1. The maximum atomic E-state index is 6.04. The Bertz CT molecular complexity index is 1110. The number of benzene rings is 2. The molecule has 0 spiro atoms. The fraction of sp³-hybridized carbons (Fsp3) is 0.150. The number of imidazole rings is 1. The fourth-order valence-electron chi connectivity index (χ4n) is 2.76. The normalized spacial score (nSPS) is 10.8. The number of ether oxygens (including phenoxy) is 2. The average Bonchev–Trinajstić information content (AvgIpc) is 3.39. The van der Waals surface area contributed by atoms with Gasteiger partial charge in [-0.15, -0.1) is 0 Å². The molecule has 0 bridgehead atoms. The number of methoxy groups -OCH3 is 2. The minimum absolute atomic E-state index is 0.447. The quantitative estimate of drug-likeness (QED) is 0.365. The Labute approximate surface area is 171 Å². The highest BCUT2D eigenvalue weighted by molar-refractivity contribution is 7.98. The minimum atomic E-state index is 0.447. The Balaban J connectivity index is 1.47. The highest BCUT2D eigenvalue weighted by atomic mass is 32.2. The van der Waals surface area contributed by atoms with E-state index >= 15 is 0 Å². The van der Waals surface area contributed by atoms with Gasteiger partial charge >= 0.3 is 0 Å². The molecule has 9 heteroatoms.